The number of ether oxygens (including phenoxy) is 2. The van der Waals surface area contributed by atoms with E-state index >= 15 is 0 Å². The van der Waals surface area contributed by atoms with Gasteiger partial charge in [0.05, 0.1) is 6.54 Å². The lowest BCUT2D eigenvalue weighted by Crippen LogP contribution is -2.57. The number of fused-ring (bicyclic) bond motifs is 1. The molecule has 11 heteroatoms. The fraction of sp³-hybridized carbons (Fsp3) is 0.467. The molecular weight excluding hydrogens is 526 g/mol. The molecule has 2 N–H and O–H groups in total. The number of nitrogens with two attached hydrogens (primary N) is 1. The number of amides is 4. The Morgan fingerprint density at radius 2 is 1.66 bits per heavy atom. The lowest BCUT2D eigenvalue weighted by Gasteiger charge is -2.35. The quantitative estimate of drug-likeness (QED) is 0.323. The average molecular weight is 564 g/mol. The molecular formula is C30H37N5O6. The van der Waals surface area contributed by atoms with Crippen LogP contribution in [0, 0.1) is 0 Å². The van der Waals surface area contributed by atoms with Crippen LogP contribution in [0.3, 0.4) is 0 Å². The summed E-state index contributed by atoms with van der Waals surface area (Å²) in [5, 5.41) is 0.621. The number of hydrogen-bond donors (Lipinski definition) is 1. The van der Waals surface area contributed by atoms with E-state index in [1.165, 1.54) is 10.5 Å². The van der Waals surface area contributed by atoms with Gasteiger partial charge in [0.1, 0.15) is 24.0 Å². The zero-order valence-electron chi connectivity index (χ0n) is 23.8. The van der Waals surface area contributed by atoms with E-state index in [9.17, 15) is 19.2 Å². The number of carbonyl (C=O) groups excluding carboxylic acids is 4. The van der Waals surface area contributed by atoms with Crippen molar-refractivity contribution < 1.29 is 28.7 Å². The summed E-state index contributed by atoms with van der Waals surface area (Å²) in [5.74, 6) is 4.95. The maximum Gasteiger partial charge on any atom is 0.410 e. The molecule has 1 atom stereocenters. The van der Waals surface area contributed by atoms with Crippen LogP contribution < -0.4 is 10.6 Å². The van der Waals surface area contributed by atoms with E-state index in [-0.39, 0.29) is 31.4 Å². The van der Waals surface area contributed by atoms with Gasteiger partial charge in [0.25, 0.3) is 11.8 Å². The van der Waals surface area contributed by atoms with E-state index in [4.69, 9.17) is 15.3 Å². The predicted octanol–water partition coefficient (Wildman–Crippen LogP) is 2.67. The van der Waals surface area contributed by atoms with Crippen LogP contribution in [0.5, 0.6) is 5.75 Å². The van der Waals surface area contributed by atoms with Crippen molar-refractivity contribution in [3.8, 4) is 5.75 Å². The Labute approximate surface area is 239 Å². The third-order valence-corrected chi connectivity index (χ3v) is 7.60. The monoisotopic (exact) mass is 563 g/mol. The van der Waals surface area contributed by atoms with E-state index in [2.05, 4.69) is 17.0 Å². The molecule has 1 unspecified atom stereocenters. The van der Waals surface area contributed by atoms with E-state index in [0.717, 1.165) is 30.8 Å². The molecule has 2 aromatic rings. The number of imide groups is 1. The molecule has 0 saturated carbocycles. The molecule has 2 aromatic carbocycles. The van der Waals surface area contributed by atoms with Crippen LogP contribution in [0.1, 0.15) is 60.7 Å². The smallest absolute Gasteiger partial charge is 0.410 e. The highest BCUT2D eigenvalue weighted by Gasteiger charge is 2.42. The molecule has 0 aromatic heterocycles. The van der Waals surface area contributed by atoms with Gasteiger partial charge in [-0.2, -0.15) is 0 Å². The zero-order chi connectivity index (χ0) is 29.3. The van der Waals surface area contributed by atoms with Gasteiger partial charge >= 0.3 is 6.09 Å². The van der Waals surface area contributed by atoms with E-state index in [1.54, 1.807) is 17.0 Å². The van der Waals surface area contributed by atoms with Crippen LogP contribution in [0.25, 0.3) is 0 Å². The van der Waals surface area contributed by atoms with Gasteiger partial charge in [-0.3, -0.25) is 19.3 Å². The maximum absolute atomic E-state index is 13.1. The average Bonchev–Trinajstić information content (AvgIpc) is 3.27. The van der Waals surface area contributed by atoms with Gasteiger partial charge in [0, 0.05) is 50.3 Å². The van der Waals surface area contributed by atoms with Gasteiger partial charge in [-0.25, -0.2) is 15.6 Å². The predicted molar refractivity (Wildman–Crippen MR) is 149 cm³/mol. The van der Waals surface area contributed by atoms with Crippen molar-refractivity contribution in [1.82, 2.24) is 19.7 Å². The van der Waals surface area contributed by atoms with Crippen LogP contribution in [-0.2, 0) is 34.0 Å². The standard InChI is InChI=1S/C30H37N5O6/c1-30(2,3)41-29(39)33-15-13-32(14-16-33)17-20-7-9-21(10-8-20)19-40-25-6-4-5-22-23(25)18-34(27(22)37)24-11-12-26(36)35(31)28(24)38/h4-10,24H,11-19,31H2,1-3H3. The fourth-order valence-corrected chi connectivity index (χ4v) is 5.36. The number of hydrogen-bond acceptors (Lipinski definition) is 8. The third-order valence-electron chi connectivity index (χ3n) is 7.60. The maximum atomic E-state index is 13.1. The van der Waals surface area contributed by atoms with Crippen LogP contribution in [0.4, 0.5) is 4.79 Å². The van der Waals surface area contributed by atoms with Crippen LogP contribution >= 0.6 is 0 Å². The van der Waals surface area contributed by atoms with Crippen molar-refractivity contribution >= 4 is 23.8 Å². The van der Waals surface area contributed by atoms with Crippen LogP contribution in [-0.4, -0.2) is 81.3 Å². The molecule has 41 heavy (non-hydrogen) atoms. The molecule has 0 radical (unpaired) electrons. The fourth-order valence-electron chi connectivity index (χ4n) is 5.36. The molecule has 2 saturated heterocycles. The molecule has 2 fully saturated rings. The minimum atomic E-state index is -0.765. The molecule has 4 amide bonds. The Morgan fingerprint density at radius 3 is 2.34 bits per heavy atom. The number of benzene rings is 2. The Kier molecular flexibility index (Phi) is 8.01. The first kappa shape index (κ1) is 28.6. The summed E-state index contributed by atoms with van der Waals surface area (Å²) >= 11 is 0. The molecule has 5 rings (SSSR count). The third kappa shape index (κ3) is 6.36. The molecule has 3 aliphatic rings. The lowest BCUT2D eigenvalue weighted by molar-refractivity contribution is -0.152. The second kappa shape index (κ2) is 11.5. The van der Waals surface area contributed by atoms with E-state index < -0.39 is 23.5 Å². The summed E-state index contributed by atoms with van der Waals surface area (Å²) in [5.41, 5.74) is 2.89. The summed E-state index contributed by atoms with van der Waals surface area (Å²) in [6, 6.07) is 12.8. The van der Waals surface area contributed by atoms with Crippen LogP contribution in [0.2, 0.25) is 0 Å². The topological polar surface area (TPSA) is 126 Å². The largest absolute Gasteiger partial charge is 0.489 e. The van der Waals surface area contributed by atoms with Crippen molar-refractivity contribution in [3.05, 3.63) is 64.7 Å². The first-order valence-corrected chi connectivity index (χ1v) is 14.0. The zero-order valence-corrected chi connectivity index (χ0v) is 23.8. The highest BCUT2D eigenvalue weighted by molar-refractivity contribution is 6.05. The van der Waals surface area contributed by atoms with Crippen molar-refractivity contribution in [2.24, 2.45) is 5.84 Å². The highest BCUT2D eigenvalue weighted by Crippen LogP contribution is 2.34. The molecule has 3 heterocycles. The summed E-state index contributed by atoms with van der Waals surface area (Å²) in [6.45, 7) is 9.80. The Morgan fingerprint density at radius 1 is 0.976 bits per heavy atom. The van der Waals surface area contributed by atoms with Crippen molar-refractivity contribution in [2.75, 3.05) is 26.2 Å². The normalized spacial score (nSPS) is 20.0. The number of rotatable bonds is 6. The Balaban J connectivity index is 1.14. The number of hydrazine groups is 1. The van der Waals surface area contributed by atoms with Gasteiger partial charge in [-0.05, 0) is 50.5 Å². The number of piperazine rings is 1. The molecule has 0 aliphatic carbocycles. The first-order valence-electron chi connectivity index (χ1n) is 14.0. The Hall–Kier alpha value is -3.96. The highest BCUT2D eigenvalue weighted by atomic mass is 16.6. The minimum Gasteiger partial charge on any atom is -0.489 e. The van der Waals surface area contributed by atoms with Gasteiger partial charge < -0.3 is 19.3 Å². The first-order chi connectivity index (χ1) is 19.5. The SMILES string of the molecule is CC(C)(C)OC(=O)N1CCN(Cc2ccc(COc3cccc4c3CN(C3CCC(=O)N(N)C3=O)C4=O)cc2)CC1. The molecule has 218 valence electrons. The van der Waals surface area contributed by atoms with Gasteiger partial charge in [0.2, 0.25) is 5.91 Å². The summed E-state index contributed by atoms with van der Waals surface area (Å²) in [6.07, 6.45) is 0.116. The lowest BCUT2D eigenvalue weighted by atomic mass is 10.0. The van der Waals surface area contributed by atoms with Crippen molar-refractivity contribution in [2.45, 2.75) is 65.0 Å². The second-order valence-corrected chi connectivity index (χ2v) is 11.7. The van der Waals surface area contributed by atoms with Crippen molar-refractivity contribution in [1.29, 1.82) is 0 Å². The summed E-state index contributed by atoms with van der Waals surface area (Å²) < 4.78 is 11.6. The van der Waals surface area contributed by atoms with Crippen LogP contribution in [0.15, 0.2) is 42.5 Å². The van der Waals surface area contributed by atoms with Gasteiger partial charge in [-0.15, -0.1) is 0 Å². The van der Waals surface area contributed by atoms with E-state index in [0.29, 0.717) is 36.0 Å². The molecule has 0 spiro atoms. The second-order valence-electron chi connectivity index (χ2n) is 11.7. The van der Waals surface area contributed by atoms with Crippen molar-refractivity contribution in [3.63, 3.8) is 0 Å². The number of nitrogens with zero attached hydrogens (tertiary/aromatic N) is 4. The molecule has 11 nitrogen and oxygen atoms in total. The minimum absolute atomic E-state index is 0.120. The van der Waals surface area contributed by atoms with E-state index in [1.807, 2.05) is 39.0 Å². The number of carbonyl (C=O) groups is 4. The molecule has 3 aliphatic heterocycles. The van der Waals surface area contributed by atoms with Gasteiger partial charge in [-0.1, -0.05) is 30.3 Å². The summed E-state index contributed by atoms with van der Waals surface area (Å²) in [7, 11) is 0. The Bertz CT molecular complexity index is 1330. The summed E-state index contributed by atoms with van der Waals surface area (Å²) in [4.78, 5) is 55.3. The van der Waals surface area contributed by atoms with Gasteiger partial charge in [0.15, 0.2) is 0 Å². The number of piperidine rings is 1. The molecule has 0 bridgehead atoms.